The Kier molecular flexibility index (Phi) is 2.44. The summed E-state index contributed by atoms with van der Waals surface area (Å²) < 4.78 is 0. The molecule has 0 saturated heterocycles. The summed E-state index contributed by atoms with van der Waals surface area (Å²) in [5.41, 5.74) is 3.22. The van der Waals surface area contributed by atoms with Gasteiger partial charge < -0.3 is 10.8 Å². The molecule has 0 heterocycles. The number of aliphatic hydroxyl groups is 1. The van der Waals surface area contributed by atoms with Crippen LogP contribution in [0.4, 0.5) is 0 Å². The SMILES string of the molecule is CC([NH3+])CC(C)(C)O. The van der Waals surface area contributed by atoms with E-state index in [1.54, 1.807) is 13.8 Å². The quantitative estimate of drug-likeness (QED) is 0.517. The van der Waals surface area contributed by atoms with E-state index in [1.165, 1.54) is 0 Å². The van der Waals surface area contributed by atoms with Crippen LogP contribution in [0.25, 0.3) is 0 Å². The van der Waals surface area contributed by atoms with Crippen LogP contribution < -0.4 is 5.73 Å². The molecule has 0 fully saturated rings. The largest absolute Gasteiger partial charge is 0.390 e. The first-order valence-corrected chi connectivity index (χ1v) is 2.97. The number of hydrogen-bond donors (Lipinski definition) is 2. The van der Waals surface area contributed by atoms with Gasteiger partial charge >= 0.3 is 0 Å². The summed E-state index contributed by atoms with van der Waals surface area (Å²) in [7, 11) is 0. The zero-order valence-corrected chi connectivity index (χ0v) is 5.94. The lowest BCUT2D eigenvalue weighted by Gasteiger charge is -2.16. The molecule has 0 spiro atoms. The van der Waals surface area contributed by atoms with Crippen molar-refractivity contribution in [3.8, 4) is 0 Å². The molecule has 0 aliphatic carbocycles. The lowest BCUT2D eigenvalue weighted by atomic mass is 10.0. The van der Waals surface area contributed by atoms with Gasteiger partial charge in [0.1, 0.15) is 0 Å². The van der Waals surface area contributed by atoms with Gasteiger partial charge in [-0.3, -0.25) is 0 Å². The highest BCUT2D eigenvalue weighted by molar-refractivity contribution is 4.66. The van der Waals surface area contributed by atoms with Crippen molar-refractivity contribution >= 4 is 0 Å². The minimum atomic E-state index is -0.541. The van der Waals surface area contributed by atoms with Crippen molar-refractivity contribution in [1.82, 2.24) is 0 Å². The highest BCUT2D eigenvalue weighted by atomic mass is 16.3. The van der Waals surface area contributed by atoms with Gasteiger partial charge in [-0.25, -0.2) is 0 Å². The molecule has 0 saturated carbocycles. The minimum absolute atomic E-state index is 0.343. The fourth-order valence-electron chi connectivity index (χ4n) is 0.853. The van der Waals surface area contributed by atoms with E-state index >= 15 is 0 Å². The molecular weight excluding hydrogens is 102 g/mol. The Morgan fingerprint density at radius 2 is 2.00 bits per heavy atom. The van der Waals surface area contributed by atoms with Crippen molar-refractivity contribution < 1.29 is 10.8 Å². The van der Waals surface area contributed by atoms with Crippen molar-refractivity contribution in [2.75, 3.05) is 0 Å². The molecule has 8 heavy (non-hydrogen) atoms. The predicted molar refractivity (Wildman–Crippen MR) is 33.3 cm³/mol. The first kappa shape index (κ1) is 7.92. The fraction of sp³-hybridized carbons (Fsp3) is 1.00. The van der Waals surface area contributed by atoms with Crippen LogP contribution in [-0.2, 0) is 0 Å². The van der Waals surface area contributed by atoms with Gasteiger partial charge in [-0.15, -0.1) is 0 Å². The van der Waals surface area contributed by atoms with E-state index in [9.17, 15) is 0 Å². The van der Waals surface area contributed by atoms with Crippen LogP contribution in [0, 0.1) is 0 Å². The molecule has 1 atom stereocenters. The second-order valence-corrected chi connectivity index (χ2v) is 3.12. The van der Waals surface area contributed by atoms with Crippen LogP contribution in [0.3, 0.4) is 0 Å². The minimum Gasteiger partial charge on any atom is -0.390 e. The van der Waals surface area contributed by atoms with Gasteiger partial charge in [0.25, 0.3) is 0 Å². The van der Waals surface area contributed by atoms with Gasteiger partial charge in [0.05, 0.1) is 11.6 Å². The molecule has 1 unspecified atom stereocenters. The van der Waals surface area contributed by atoms with Crippen molar-refractivity contribution in [3.63, 3.8) is 0 Å². The predicted octanol–water partition coefficient (Wildman–Crippen LogP) is -0.222. The molecule has 0 aliphatic rings. The Hall–Kier alpha value is -0.0800. The topological polar surface area (TPSA) is 47.9 Å². The summed E-state index contributed by atoms with van der Waals surface area (Å²) in [5, 5.41) is 9.15. The van der Waals surface area contributed by atoms with E-state index < -0.39 is 5.60 Å². The summed E-state index contributed by atoms with van der Waals surface area (Å²) in [6.07, 6.45) is 0.771. The summed E-state index contributed by atoms with van der Waals surface area (Å²) in [5.74, 6) is 0. The van der Waals surface area contributed by atoms with Crippen LogP contribution in [-0.4, -0.2) is 16.7 Å². The normalized spacial score (nSPS) is 16.1. The summed E-state index contributed by atoms with van der Waals surface area (Å²) in [4.78, 5) is 0. The second kappa shape index (κ2) is 2.46. The van der Waals surface area contributed by atoms with Crippen LogP contribution in [0.1, 0.15) is 27.2 Å². The van der Waals surface area contributed by atoms with E-state index in [4.69, 9.17) is 5.11 Å². The first-order chi connectivity index (χ1) is 3.42. The average Bonchev–Trinajstić information content (AvgIpc) is 1.21. The third kappa shape index (κ3) is 5.92. The Bertz CT molecular complexity index is 63.4. The van der Waals surface area contributed by atoms with Crippen LogP contribution in [0.5, 0.6) is 0 Å². The Morgan fingerprint density at radius 3 is 2.00 bits per heavy atom. The average molecular weight is 118 g/mol. The highest BCUT2D eigenvalue weighted by Gasteiger charge is 2.15. The van der Waals surface area contributed by atoms with Crippen LogP contribution in [0.15, 0.2) is 0 Å². The van der Waals surface area contributed by atoms with Crippen molar-refractivity contribution in [2.24, 2.45) is 0 Å². The van der Waals surface area contributed by atoms with Crippen LogP contribution in [0.2, 0.25) is 0 Å². The van der Waals surface area contributed by atoms with Gasteiger partial charge in [0.15, 0.2) is 0 Å². The highest BCUT2D eigenvalue weighted by Crippen LogP contribution is 2.07. The fourth-order valence-corrected chi connectivity index (χ4v) is 0.853. The molecule has 0 aromatic heterocycles. The zero-order chi connectivity index (χ0) is 6.78. The summed E-state index contributed by atoms with van der Waals surface area (Å²) in [6, 6.07) is 0.343. The van der Waals surface area contributed by atoms with E-state index in [2.05, 4.69) is 5.73 Å². The zero-order valence-electron chi connectivity index (χ0n) is 5.94. The molecule has 0 radical (unpaired) electrons. The molecule has 0 bridgehead atoms. The van der Waals surface area contributed by atoms with Gasteiger partial charge in [0.2, 0.25) is 0 Å². The molecular formula is C6H16NO+. The van der Waals surface area contributed by atoms with Gasteiger partial charge in [-0.05, 0) is 20.8 Å². The Morgan fingerprint density at radius 1 is 1.62 bits per heavy atom. The molecule has 2 heteroatoms. The van der Waals surface area contributed by atoms with Crippen molar-refractivity contribution in [1.29, 1.82) is 0 Å². The van der Waals surface area contributed by atoms with E-state index in [-0.39, 0.29) is 0 Å². The molecule has 50 valence electrons. The lowest BCUT2D eigenvalue weighted by Crippen LogP contribution is -2.61. The second-order valence-electron chi connectivity index (χ2n) is 3.12. The summed E-state index contributed by atoms with van der Waals surface area (Å²) >= 11 is 0. The number of quaternary nitrogens is 1. The lowest BCUT2D eigenvalue weighted by molar-refractivity contribution is -0.420. The third-order valence-corrected chi connectivity index (χ3v) is 0.848. The van der Waals surface area contributed by atoms with Gasteiger partial charge in [0, 0.05) is 6.42 Å². The van der Waals surface area contributed by atoms with Gasteiger partial charge in [-0.1, -0.05) is 0 Å². The van der Waals surface area contributed by atoms with E-state index in [0.29, 0.717) is 6.04 Å². The molecule has 0 aromatic carbocycles. The smallest absolute Gasteiger partial charge is 0.0842 e. The maximum Gasteiger partial charge on any atom is 0.0842 e. The molecule has 0 rings (SSSR count). The third-order valence-electron chi connectivity index (χ3n) is 0.848. The van der Waals surface area contributed by atoms with E-state index in [1.807, 2.05) is 6.92 Å². The monoisotopic (exact) mass is 118 g/mol. The maximum absolute atomic E-state index is 9.15. The molecule has 4 N–H and O–H groups in total. The number of rotatable bonds is 2. The maximum atomic E-state index is 9.15. The number of hydrogen-bond acceptors (Lipinski definition) is 1. The Labute approximate surface area is 50.7 Å². The van der Waals surface area contributed by atoms with Gasteiger partial charge in [-0.2, -0.15) is 0 Å². The van der Waals surface area contributed by atoms with Crippen molar-refractivity contribution in [3.05, 3.63) is 0 Å². The summed E-state index contributed by atoms with van der Waals surface area (Å²) in [6.45, 7) is 5.60. The Balaban J connectivity index is 3.39. The van der Waals surface area contributed by atoms with E-state index in [0.717, 1.165) is 6.42 Å². The molecule has 0 aromatic rings. The molecule has 2 nitrogen and oxygen atoms in total. The first-order valence-electron chi connectivity index (χ1n) is 2.97. The molecule has 0 amide bonds. The standard InChI is InChI=1S/C6H15NO/c1-5(7)4-6(2,3)8/h5,8H,4,7H2,1-3H3/p+1. The van der Waals surface area contributed by atoms with Crippen molar-refractivity contribution in [2.45, 2.75) is 38.8 Å². The molecule has 0 aliphatic heterocycles. The van der Waals surface area contributed by atoms with Crippen LogP contribution >= 0.6 is 0 Å².